The highest BCUT2D eigenvalue weighted by Gasteiger charge is 2.27. The van der Waals surface area contributed by atoms with Crippen LogP contribution in [0.2, 0.25) is 5.15 Å². The molecule has 20 heavy (non-hydrogen) atoms. The summed E-state index contributed by atoms with van der Waals surface area (Å²) in [6, 6.07) is 7.97. The number of halogens is 2. The number of methoxy groups -OCH3 is 1. The third-order valence-electron chi connectivity index (χ3n) is 3.11. The Kier molecular flexibility index (Phi) is 4.09. The largest absolute Gasteiger partial charge is 0.482 e. The molecule has 0 saturated carbocycles. The molecule has 1 unspecified atom stereocenters. The van der Waals surface area contributed by atoms with Crippen molar-refractivity contribution in [3.05, 3.63) is 50.1 Å². The average molecular weight is 403 g/mol. The Balaban J connectivity index is 1.93. The standard InChI is InChI=1S/C14H12ClIN2O2/c1-19-7-9-12(16)13(15)18-14(17-9)11-6-8-4-2-3-5-10(8)20-11/h2-5,11H,6-7H2,1H3. The first-order valence-corrected chi connectivity index (χ1v) is 7.60. The number of aromatic nitrogens is 2. The van der Waals surface area contributed by atoms with Crippen molar-refractivity contribution >= 4 is 34.2 Å². The summed E-state index contributed by atoms with van der Waals surface area (Å²) in [6.45, 7) is 0.410. The number of fused-ring (bicyclic) bond motifs is 1. The fourth-order valence-corrected chi connectivity index (χ4v) is 2.78. The van der Waals surface area contributed by atoms with Gasteiger partial charge >= 0.3 is 0 Å². The summed E-state index contributed by atoms with van der Waals surface area (Å²) in [7, 11) is 1.63. The second-order valence-corrected chi connectivity index (χ2v) is 5.92. The SMILES string of the molecule is COCc1nc(C2Cc3ccccc3O2)nc(Cl)c1I. The molecule has 4 nitrogen and oxygen atoms in total. The van der Waals surface area contributed by atoms with Crippen molar-refractivity contribution in [2.45, 2.75) is 19.1 Å². The monoisotopic (exact) mass is 402 g/mol. The Morgan fingerprint density at radius 3 is 2.95 bits per heavy atom. The lowest BCUT2D eigenvalue weighted by atomic mass is 10.1. The van der Waals surface area contributed by atoms with Gasteiger partial charge in [0.05, 0.1) is 15.9 Å². The lowest BCUT2D eigenvalue weighted by Crippen LogP contribution is -2.12. The summed E-state index contributed by atoms with van der Waals surface area (Å²) in [6.07, 6.45) is 0.581. The van der Waals surface area contributed by atoms with Crippen molar-refractivity contribution < 1.29 is 9.47 Å². The number of nitrogens with zero attached hydrogens (tertiary/aromatic N) is 2. The summed E-state index contributed by atoms with van der Waals surface area (Å²) < 4.78 is 11.9. The molecule has 0 amide bonds. The Bertz CT molecular complexity index is 626. The highest BCUT2D eigenvalue weighted by molar-refractivity contribution is 14.1. The Morgan fingerprint density at radius 2 is 2.20 bits per heavy atom. The van der Waals surface area contributed by atoms with Crippen LogP contribution in [0.3, 0.4) is 0 Å². The lowest BCUT2D eigenvalue weighted by molar-refractivity contribution is 0.178. The summed E-state index contributed by atoms with van der Waals surface area (Å²) >= 11 is 8.31. The fraction of sp³-hybridized carbons (Fsp3) is 0.286. The van der Waals surface area contributed by atoms with Gasteiger partial charge in [0.25, 0.3) is 0 Å². The van der Waals surface area contributed by atoms with Gasteiger partial charge in [-0.2, -0.15) is 0 Å². The summed E-state index contributed by atoms with van der Waals surface area (Å²) in [5.41, 5.74) is 1.96. The number of rotatable bonds is 3. The van der Waals surface area contributed by atoms with Crippen molar-refractivity contribution in [2.75, 3.05) is 7.11 Å². The molecule has 1 aromatic heterocycles. The van der Waals surface area contributed by atoms with Gasteiger partial charge in [-0.15, -0.1) is 0 Å². The first-order valence-electron chi connectivity index (χ1n) is 6.14. The molecule has 0 fully saturated rings. The van der Waals surface area contributed by atoms with Gasteiger partial charge in [0.2, 0.25) is 0 Å². The van der Waals surface area contributed by atoms with Crippen LogP contribution in [0.25, 0.3) is 0 Å². The summed E-state index contributed by atoms with van der Waals surface area (Å²) in [4.78, 5) is 8.88. The van der Waals surface area contributed by atoms with Crippen LogP contribution in [0.5, 0.6) is 5.75 Å². The molecule has 0 aliphatic carbocycles. The molecule has 104 valence electrons. The minimum atomic E-state index is -0.183. The Labute approximate surface area is 135 Å². The molecule has 0 N–H and O–H groups in total. The first-order chi connectivity index (χ1) is 9.69. The van der Waals surface area contributed by atoms with E-state index in [1.807, 2.05) is 18.2 Å². The molecule has 6 heteroatoms. The second-order valence-electron chi connectivity index (χ2n) is 4.48. The average Bonchev–Trinajstić information content (AvgIpc) is 2.87. The van der Waals surface area contributed by atoms with Gasteiger partial charge in [0.15, 0.2) is 11.9 Å². The number of para-hydroxylation sites is 1. The van der Waals surface area contributed by atoms with Gasteiger partial charge in [-0.3, -0.25) is 0 Å². The molecule has 0 bridgehead atoms. The quantitative estimate of drug-likeness (QED) is 0.582. The van der Waals surface area contributed by atoms with Crippen LogP contribution < -0.4 is 4.74 Å². The van der Waals surface area contributed by atoms with E-state index in [0.29, 0.717) is 17.6 Å². The third-order valence-corrected chi connectivity index (χ3v) is 4.84. The van der Waals surface area contributed by atoms with Crippen molar-refractivity contribution in [2.24, 2.45) is 0 Å². The minimum Gasteiger partial charge on any atom is -0.482 e. The van der Waals surface area contributed by atoms with Crippen LogP contribution in [0, 0.1) is 3.57 Å². The highest BCUT2D eigenvalue weighted by atomic mass is 127. The Hall–Kier alpha value is -0.920. The van der Waals surface area contributed by atoms with E-state index in [1.165, 1.54) is 5.56 Å². The molecule has 0 radical (unpaired) electrons. The van der Waals surface area contributed by atoms with Gasteiger partial charge in [-0.1, -0.05) is 29.8 Å². The van der Waals surface area contributed by atoms with Crippen LogP contribution in [-0.4, -0.2) is 17.1 Å². The van der Waals surface area contributed by atoms with E-state index in [2.05, 4.69) is 38.6 Å². The lowest BCUT2D eigenvalue weighted by Gasteiger charge is -2.12. The van der Waals surface area contributed by atoms with E-state index in [-0.39, 0.29) is 6.10 Å². The van der Waals surface area contributed by atoms with Crippen LogP contribution in [0.4, 0.5) is 0 Å². The van der Waals surface area contributed by atoms with Crippen LogP contribution in [0.1, 0.15) is 23.2 Å². The number of hydrogen-bond acceptors (Lipinski definition) is 4. The summed E-state index contributed by atoms with van der Waals surface area (Å²) in [5, 5.41) is 0.446. The van der Waals surface area contributed by atoms with Crippen molar-refractivity contribution in [3.63, 3.8) is 0 Å². The molecule has 1 atom stereocenters. The van der Waals surface area contributed by atoms with E-state index < -0.39 is 0 Å². The second kappa shape index (κ2) is 5.83. The van der Waals surface area contributed by atoms with E-state index in [9.17, 15) is 0 Å². The molecule has 3 rings (SSSR count). The van der Waals surface area contributed by atoms with Gasteiger partial charge in [0.1, 0.15) is 10.9 Å². The van der Waals surface area contributed by atoms with Crippen LogP contribution in [0.15, 0.2) is 24.3 Å². The van der Waals surface area contributed by atoms with Crippen molar-refractivity contribution in [3.8, 4) is 5.75 Å². The molecule has 1 aliphatic rings. The maximum Gasteiger partial charge on any atom is 0.171 e. The predicted octanol–water partition coefficient (Wildman–Crippen LogP) is 3.56. The first kappa shape index (κ1) is 14.0. The smallest absolute Gasteiger partial charge is 0.171 e. The summed E-state index contributed by atoms with van der Waals surface area (Å²) in [5.74, 6) is 1.50. The van der Waals surface area contributed by atoms with Gasteiger partial charge in [-0.05, 0) is 34.2 Å². The van der Waals surface area contributed by atoms with Gasteiger partial charge in [-0.25, -0.2) is 9.97 Å². The molecule has 0 spiro atoms. The van der Waals surface area contributed by atoms with E-state index >= 15 is 0 Å². The maximum absolute atomic E-state index is 6.17. The zero-order valence-corrected chi connectivity index (χ0v) is 13.7. The molecular weight excluding hydrogens is 391 g/mol. The van der Waals surface area contributed by atoms with Crippen LogP contribution >= 0.6 is 34.2 Å². The highest BCUT2D eigenvalue weighted by Crippen LogP contribution is 2.36. The molecule has 2 heterocycles. The molecule has 1 aliphatic heterocycles. The molecule has 1 aromatic carbocycles. The van der Waals surface area contributed by atoms with E-state index in [0.717, 1.165) is 21.4 Å². The third kappa shape index (κ3) is 2.62. The zero-order chi connectivity index (χ0) is 14.1. The zero-order valence-electron chi connectivity index (χ0n) is 10.8. The number of benzene rings is 1. The molecular formula is C14H12ClIN2O2. The topological polar surface area (TPSA) is 44.2 Å². The van der Waals surface area contributed by atoms with E-state index in [4.69, 9.17) is 21.1 Å². The minimum absolute atomic E-state index is 0.183. The van der Waals surface area contributed by atoms with Crippen LogP contribution in [-0.2, 0) is 17.8 Å². The Morgan fingerprint density at radius 1 is 1.40 bits per heavy atom. The van der Waals surface area contributed by atoms with Crippen molar-refractivity contribution in [1.29, 1.82) is 0 Å². The number of ether oxygens (including phenoxy) is 2. The van der Waals surface area contributed by atoms with E-state index in [1.54, 1.807) is 7.11 Å². The number of hydrogen-bond donors (Lipinski definition) is 0. The molecule has 2 aromatic rings. The fourth-order valence-electron chi connectivity index (χ4n) is 2.18. The maximum atomic E-state index is 6.17. The normalized spacial score (nSPS) is 16.9. The van der Waals surface area contributed by atoms with Crippen molar-refractivity contribution in [1.82, 2.24) is 9.97 Å². The predicted molar refractivity (Wildman–Crippen MR) is 84.0 cm³/mol. The molecule has 0 saturated heterocycles. The van der Waals surface area contributed by atoms with Gasteiger partial charge < -0.3 is 9.47 Å². The van der Waals surface area contributed by atoms with Gasteiger partial charge in [0, 0.05) is 13.5 Å².